The second-order valence-corrected chi connectivity index (χ2v) is 19.5. The number of esters is 2. The lowest BCUT2D eigenvalue weighted by atomic mass is 10.00. The smallest absolute Gasteiger partial charge is 0.416 e. The number of halogens is 6. The van der Waals surface area contributed by atoms with E-state index in [-0.39, 0.29) is 23.7 Å². The number of aryl methyl sites for hydroxylation is 2. The van der Waals surface area contributed by atoms with Crippen molar-refractivity contribution in [2.24, 2.45) is 0 Å². The van der Waals surface area contributed by atoms with Crippen LogP contribution in [-0.2, 0) is 31.4 Å². The number of benzene rings is 6. The summed E-state index contributed by atoms with van der Waals surface area (Å²) >= 11 is 3.54. The van der Waals surface area contributed by atoms with E-state index >= 15 is 0 Å². The standard InChI is InChI=1S/2C29H31F3O3S/c2*1-4-6-7-27(36-25-16-17-26(20(3)18-25)35-19-28(33)34-5-2)23-10-8-21(9-11-23)22-12-14-24(15-13-22)29(30,31)32/h2*8-18,27H,4-7,19H2,1-3H3/t2*27-/m10/s1. The molecule has 6 rings (SSSR count). The molecule has 6 aromatic rings. The number of hydrogen-bond donors (Lipinski definition) is 0. The van der Waals surface area contributed by atoms with Crippen molar-refractivity contribution < 1.29 is 54.9 Å². The maximum atomic E-state index is 12.9. The highest BCUT2D eigenvalue weighted by Gasteiger charge is 2.31. The van der Waals surface area contributed by atoms with Crippen LogP contribution in [-0.4, -0.2) is 38.4 Å². The number of carbonyl (C=O) groups excluding carboxylic acids is 2. The predicted molar refractivity (Wildman–Crippen MR) is 277 cm³/mol. The Balaban J connectivity index is 0.000000267. The number of ether oxygens (including phenoxy) is 4. The molecule has 0 saturated heterocycles. The van der Waals surface area contributed by atoms with Crippen LogP contribution in [0.4, 0.5) is 26.3 Å². The Labute approximate surface area is 428 Å². The Hall–Kier alpha value is -5.86. The molecule has 14 heteroatoms. The zero-order valence-electron chi connectivity index (χ0n) is 41.5. The molecule has 0 N–H and O–H groups in total. The van der Waals surface area contributed by atoms with E-state index < -0.39 is 35.4 Å². The highest BCUT2D eigenvalue weighted by Crippen LogP contribution is 2.43. The van der Waals surface area contributed by atoms with Crippen molar-refractivity contribution >= 4 is 35.5 Å². The van der Waals surface area contributed by atoms with Crippen LogP contribution in [0.25, 0.3) is 22.3 Å². The summed E-state index contributed by atoms with van der Waals surface area (Å²) in [5, 5.41) is 0.467. The van der Waals surface area contributed by atoms with Gasteiger partial charge in [0.25, 0.3) is 0 Å². The molecule has 0 fully saturated rings. The minimum absolute atomic E-state index is 0.119. The first-order valence-electron chi connectivity index (χ1n) is 24.1. The van der Waals surface area contributed by atoms with Gasteiger partial charge < -0.3 is 18.9 Å². The van der Waals surface area contributed by atoms with Gasteiger partial charge in [0.05, 0.1) is 24.3 Å². The Bertz CT molecular complexity index is 2430. The molecule has 0 saturated carbocycles. The van der Waals surface area contributed by atoms with Gasteiger partial charge in [0.15, 0.2) is 13.2 Å². The molecule has 0 amide bonds. The van der Waals surface area contributed by atoms with Crippen molar-refractivity contribution in [3.63, 3.8) is 0 Å². The fourth-order valence-corrected chi connectivity index (χ4v) is 10.2. The summed E-state index contributed by atoms with van der Waals surface area (Å²) in [5.74, 6) is 0.515. The summed E-state index contributed by atoms with van der Waals surface area (Å²) < 4.78 is 98.2. The van der Waals surface area contributed by atoms with Crippen molar-refractivity contribution in [1.82, 2.24) is 0 Å². The molecular formula is C58H62F6O6S2. The summed E-state index contributed by atoms with van der Waals surface area (Å²) in [6.07, 6.45) is -2.34. The van der Waals surface area contributed by atoms with Crippen molar-refractivity contribution in [2.75, 3.05) is 26.4 Å². The quantitative estimate of drug-likeness (QED) is 0.0378. The molecule has 0 aliphatic carbocycles. The Morgan fingerprint density at radius 2 is 0.792 bits per heavy atom. The lowest BCUT2D eigenvalue weighted by molar-refractivity contribution is -0.146. The van der Waals surface area contributed by atoms with Crippen LogP contribution in [0, 0.1) is 13.8 Å². The van der Waals surface area contributed by atoms with Gasteiger partial charge in [0.1, 0.15) is 11.5 Å². The minimum Gasteiger partial charge on any atom is -0.482 e. The number of carbonyl (C=O) groups is 2. The van der Waals surface area contributed by atoms with Gasteiger partial charge in [0, 0.05) is 20.3 Å². The summed E-state index contributed by atoms with van der Waals surface area (Å²) in [6.45, 7) is 12.1. The molecule has 0 spiro atoms. The first-order valence-corrected chi connectivity index (χ1v) is 25.8. The SMILES string of the molecule is CCCC[C@@H](Sc1ccc(OCC(=O)OCC)c(C)c1)c1ccc(-c2ccc(C(F)(F)F)cc2)cc1.CCCC[C@H](Sc1ccc(OCC(=O)OCC)c(C)c1)c1ccc(-c2ccc(C(F)(F)F)cc2)cc1. The highest BCUT2D eigenvalue weighted by molar-refractivity contribution is 7.99. The molecule has 0 radical (unpaired) electrons. The molecular weight excluding hydrogens is 971 g/mol. The van der Waals surface area contributed by atoms with Gasteiger partial charge >= 0.3 is 24.3 Å². The lowest BCUT2D eigenvalue weighted by Gasteiger charge is -2.18. The first-order chi connectivity index (χ1) is 34.4. The first kappa shape index (κ1) is 57.0. The maximum Gasteiger partial charge on any atom is 0.416 e. The van der Waals surface area contributed by atoms with E-state index in [0.29, 0.717) is 24.7 Å². The zero-order chi connectivity index (χ0) is 52.3. The molecule has 6 aromatic carbocycles. The van der Waals surface area contributed by atoms with Crippen LogP contribution >= 0.6 is 23.5 Å². The third-order valence-corrected chi connectivity index (χ3v) is 14.1. The second kappa shape index (κ2) is 27.8. The number of unbranched alkanes of at least 4 members (excludes halogenated alkanes) is 2. The van der Waals surface area contributed by atoms with Gasteiger partial charge in [-0.2, -0.15) is 26.3 Å². The zero-order valence-corrected chi connectivity index (χ0v) is 43.1. The van der Waals surface area contributed by atoms with Crippen LogP contribution in [0.2, 0.25) is 0 Å². The van der Waals surface area contributed by atoms with E-state index in [1.807, 2.05) is 62.4 Å². The highest BCUT2D eigenvalue weighted by atomic mass is 32.2. The van der Waals surface area contributed by atoms with Crippen LogP contribution in [0.15, 0.2) is 143 Å². The van der Waals surface area contributed by atoms with E-state index in [1.54, 1.807) is 37.4 Å². The average Bonchev–Trinajstić information content (AvgIpc) is 3.36. The minimum atomic E-state index is -4.34. The molecule has 384 valence electrons. The molecule has 0 bridgehead atoms. The predicted octanol–water partition coefficient (Wildman–Crippen LogP) is 17.3. The van der Waals surface area contributed by atoms with E-state index in [9.17, 15) is 35.9 Å². The van der Waals surface area contributed by atoms with Crippen LogP contribution in [0.5, 0.6) is 11.5 Å². The van der Waals surface area contributed by atoms with Crippen LogP contribution in [0.1, 0.15) is 110 Å². The van der Waals surface area contributed by atoms with Crippen molar-refractivity contribution in [2.45, 2.75) is 113 Å². The van der Waals surface area contributed by atoms with E-state index in [0.717, 1.165) is 106 Å². The molecule has 0 heterocycles. The second-order valence-electron chi connectivity index (χ2n) is 16.9. The topological polar surface area (TPSA) is 71.1 Å². The Morgan fingerprint density at radius 1 is 0.472 bits per heavy atom. The summed E-state index contributed by atoms with van der Waals surface area (Å²) in [4.78, 5) is 25.3. The number of hydrogen-bond acceptors (Lipinski definition) is 8. The van der Waals surface area contributed by atoms with Crippen LogP contribution < -0.4 is 9.47 Å². The van der Waals surface area contributed by atoms with E-state index in [1.165, 1.54) is 35.4 Å². The molecule has 2 atom stereocenters. The summed E-state index contributed by atoms with van der Waals surface area (Å²) in [5.41, 5.74) is 6.19. The maximum absolute atomic E-state index is 12.9. The Kier molecular flexibility index (Phi) is 22.0. The molecule has 0 unspecified atom stereocenters. The molecule has 0 aromatic heterocycles. The van der Waals surface area contributed by atoms with E-state index in [4.69, 9.17) is 18.9 Å². The van der Waals surface area contributed by atoms with Crippen molar-refractivity contribution in [3.8, 4) is 33.8 Å². The van der Waals surface area contributed by atoms with Gasteiger partial charge in [-0.05, 0) is 146 Å². The normalized spacial score (nSPS) is 12.3. The van der Waals surface area contributed by atoms with E-state index in [2.05, 4.69) is 50.2 Å². The lowest BCUT2D eigenvalue weighted by Crippen LogP contribution is -2.14. The average molecular weight is 1030 g/mol. The molecule has 0 aliphatic heterocycles. The van der Waals surface area contributed by atoms with Gasteiger partial charge in [-0.25, -0.2) is 9.59 Å². The Morgan fingerprint density at radius 3 is 1.07 bits per heavy atom. The number of alkyl halides is 6. The molecule has 0 aliphatic rings. The third-order valence-electron chi connectivity index (χ3n) is 11.4. The molecule has 6 nitrogen and oxygen atoms in total. The van der Waals surface area contributed by atoms with Gasteiger partial charge in [-0.1, -0.05) is 112 Å². The largest absolute Gasteiger partial charge is 0.482 e. The summed E-state index contributed by atoms with van der Waals surface area (Å²) in [7, 11) is 0. The van der Waals surface area contributed by atoms with Crippen LogP contribution in [0.3, 0.4) is 0 Å². The number of rotatable bonds is 22. The summed E-state index contributed by atoms with van der Waals surface area (Å²) in [6, 6.07) is 38.5. The number of thioether (sulfide) groups is 2. The van der Waals surface area contributed by atoms with Gasteiger partial charge in [0.2, 0.25) is 0 Å². The van der Waals surface area contributed by atoms with Crippen molar-refractivity contribution in [3.05, 3.63) is 167 Å². The van der Waals surface area contributed by atoms with Crippen molar-refractivity contribution in [1.29, 1.82) is 0 Å². The molecule has 72 heavy (non-hydrogen) atoms. The van der Waals surface area contributed by atoms with Gasteiger partial charge in [-0.15, -0.1) is 23.5 Å². The van der Waals surface area contributed by atoms with Gasteiger partial charge in [-0.3, -0.25) is 0 Å². The fraction of sp³-hybridized carbons (Fsp3) is 0.345. The monoisotopic (exact) mass is 1030 g/mol. The fourth-order valence-electron chi connectivity index (χ4n) is 7.57. The third kappa shape index (κ3) is 17.7.